The van der Waals surface area contributed by atoms with Gasteiger partial charge < -0.3 is 15.6 Å². The maximum absolute atomic E-state index is 11.8. The minimum absolute atomic E-state index is 0.0857. The molecule has 94 valence electrons. The largest absolute Gasteiger partial charge is 0.320 e. The quantitative estimate of drug-likeness (QED) is 0.809. The molecular formula is C12H19N3O2. The second kappa shape index (κ2) is 5.63. The van der Waals surface area contributed by atoms with Crippen LogP contribution < -0.4 is 16.6 Å². The van der Waals surface area contributed by atoms with Crippen molar-refractivity contribution in [1.29, 1.82) is 0 Å². The summed E-state index contributed by atoms with van der Waals surface area (Å²) in [6, 6.07) is 2.68. The zero-order chi connectivity index (χ0) is 13.0. The Bertz CT molecular complexity index is 453. The fraction of sp³-hybridized carbons (Fsp3) is 0.500. The van der Waals surface area contributed by atoms with Gasteiger partial charge in [-0.15, -0.1) is 0 Å². The number of nitrogens with zero attached hydrogens (tertiary/aromatic N) is 1. The number of pyridine rings is 1. The second-order valence-electron chi connectivity index (χ2n) is 4.24. The van der Waals surface area contributed by atoms with Crippen LogP contribution in [0, 0.1) is 5.92 Å². The van der Waals surface area contributed by atoms with Crippen molar-refractivity contribution in [1.82, 2.24) is 4.57 Å². The summed E-state index contributed by atoms with van der Waals surface area (Å²) in [6.45, 7) is 3.88. The zero-order valence-corrected chi connectivity index (χ0v) is 10.4. The van der Waals surface area contributed by atoms with Gasteiger partial charge in [0.15, 0.2) is 0 Å². The Balaban J connectivity index is 2.82. The Morgan fingerprint density at radius 3 is 2.82 bits per heavy atom. The van der Waals surface area contributed by atoms with Gasteiger partial charge in [-0.05, 0) is 18.1 Å². The fourth-order valence-electron chi connectivity index (χ4n) is 1.42. The lowest BCUT2D eigenvalue weighted by atomic mass is 9.99. The number of carbonyl (C=O) groups is 1. The van der Waals surface area contributed by atoms with Gasteiger partial charge in [-0.2, -0.15) is 0 Å². The highest BCUT2D eigenvalue weighted by Gasteiger charge is 2.20. The van der Waals surface area contributed by atoms with Crippen LogP contribution in [0.15, 0.2) is 23.1 Å². The number of amides is 1. The van der Waals surface area contributed by atoms with Crippen LogP contribution in [0.4, 0.5) is 5.69 Å². The molecule has 0 saturated carbocycles. The van der Waals surface area contributed by atoms with Crippen LogP contribution in [0.25, 0.3) is 0 Å². The summed E-state index contributed by atoms with van der Waals surface area (Å²) in [6.07, 6.45) is 2.45. The van der Waals surface area contributed by atoms with Crippen molar-refractivity contribution in [2.75, 3.05) is 5.32 Å². The first-order valence-electron chi connectivity index (χ1n) is 5.69. The van der Waals surface area contributed by atoms with Crippen molar-refractivity contribution in [3.05, 3.63) is 28.7 Å². The molecule has 5 nitrogen and oxygen atoms in total. The molecule has 1 amide bonds. The molecule has 17 heavy (non-hydrogen) atoms. The van der Waals surface area contributed by atoms with Gasteiger partial charge in [-0.3, -0.25) is 9.59 Å². The summed E-state index contributed by atoms with van der Waals surface area (Å²) in [5, 5.41) is 2.57. The second-order valence-corrected chi connectivity index (χ2v) is 4.24. The number of aromatic nitrogens is 1. The van der Waals surface area contributed by atoms with E-state index in [4.69, 9.17) is 5.73 Å². The van der Waals surface area contributed by atoms with Crippen LogP contribution in [0.2, 0.25) is 0 Å². The highest BCUT2D eigenvalue weighted by Crippen LogP contribution is 2.07. The molecule has 1 aromatic heterocycles. The van der Waals surface area contributed by atoms with Crippen molar-refractivity contribution in [2.45, 2.75) is 26.3 Å². The van der Waals surface area contributed by atoms with E-state index in [1.165, 1.54) is 4.57 Å². The molecule has 2 unspecified atom stereocenters. The molecule has 1 heterocycles. The van der Waals surface area contributed by atoms with E-state index in [0.717, 1.165) is 6.42 Å². The van der Waals surface area contributed by atoms with Crippen molar-refractivity contribution in [3.8, 4) is 0 Å². The number of anilines is 1. The van der Waals surface area contributed by atoms with Gasteiger partial charge in [-0.1, -0.05) is 20.3 Å². The average molecular weight is 237 g/mol. The molecule has 0 bridgehead atoms. The van der Waals surface area contributed by atoms with Crippen LogP contribution in [-0.4, -0.2) is 16.5 Å². The van der Waals surface area contributed by atoms with E-state index in [1.807, 2.05) is 13.8 Å². The molecular weight excluding hydrogens is 218 g/mol. The first-order valence-corrected chi connectivity index (χ1v) is 5.69. The Kier molecular flexibility index (Phi) is 4.45. The summed E-state index contributed by atoms with van der Waals surface area (Å²) in [5.74, 6) is -0.231. The third-order valence-corrected chi connectivity index (χ3v) is 2.94. The van der Waals surface area contributed by atoms with Gasteiger partial charge in [0.25, 0.3) is 5.56 Å². The maximum Gasteiger partial charge on any atom is 0.274 e. The van der Waals surface area contributed by atoms with Crippen molar-refractivity contribution in [3.63, 3.8) is 0 Å². The first-order chi connectivity index (χ1) is 7.97. The van der Waals surface area contributed by atoms with E-state index in [-0.39, 0.29) is 23.1 Å². The summed E-state index contributed by atoms with van der Waals surface area (Å²) in [7, 11) is 1.63. The molecule has 1 rings (SSSR count). The Morgan fingerprint density at radius 2 is 2.24 bits per heavy atom. The summed E-state index contributed by atoms with van der Waals surface area (Å²) < 4.78 is 1.41. The fourth-order valence-corrected chi connectivity index (χ4v) is 1.42. The van der Waals surface area contributed by atoms with E-state index < -0.39 is 6.04 Å². The van der Waals surface area contributed by atoms with Crippen molar-refractivity contribution >= 4 is 11.6 Å². The molecule has 0 fully saturated rings. The van der Waals surface area contributed by atoms with Crippen molar-refractivity contribution < 1.29 is 4.79 Å². The lowest BCUT2D eigenvalue weighted by Crippen LogP contribution is -2.41. The van der Waals surface area contributed by atoms with Gasteiger partial charge in [0.2, 0.25) is 5.91 Å². The SMILES string of the molecule is CCC(C)C(N)C(=O)Nc1cccn(C)c1=O. The minimum atomic E-state index is -0.593. The van der Waals surface area contributed by atoms with E-state index in [9.17, 15) is 9.59 Å². The summed E-state index contributed by atoms with van der Waals surface area (Å²) >= 11 is 0. The number of carbonyl (C=O) groups excluding carboxylic acids is 1. The summed E-state index contributed by atoms with van der Waals surface area (Å²) in [5.41, 5.74) is 5.81. The maximum atomic E-state index is 11.8. The molecule has 0 aliphatic rings. The van der Waals surface area contributed by atoms with Gasteiger partial charge in [-0.25, -0.2) is 0 Å². The molecule has 0 aromatic carbocycles. The predicted octanol–water partition coefficient (Wildman–Crippen LogP) is 0.697. The molecule has 0 saturated heterocycles. The first kappa shape index (κ1) is 13.4. The number of rotatable bonds is 4. The van der Waals surface area contributed by atoms with Crippen molar-refractivity contribution in [2.24, 2.45) is 18.7 Å². The number of aryl methyl sites for hydroxylation is 1. The normalized spacial score (nSPS) is 14.1. The lowest BCUT2D eigenvalue weighted by molar-refractivity contribution is -0.118. The molecule has 0 aliphatic heterocycles. The van der Waals surface area contributed by atoms with E-state index in [0.29, 0.717) is 0 Å². The Morgan fingerprint density at radius 1 is 1.59 bits per heavy atom. The van der Waals surface area contributed by atoms with Gasteiger partial charge in [0.1, 0.15) is 5.69 Å². The molecule has 3 N–H and O–H groups in total. The van der Waals surface area contributed by atoms with Gasteiger partial charge >= 0.3 is 0 Å². The molecule has 0 spiro atoms. The zero-order valence-electron chi connectivity index (χ0n) is 10.4. The van der Waals surface area contributed by atoms with Gasteiger partial charge in [0, 0.05) is 13.2 Å². The number of nitrogens with one attached hydrogen (secondary N) is 1. The number of nitrogens with two attached hydrogens (primary N) is 1. The van der Waals surface area contributed by atoms with E-state index >= 15 is 0 Å². The highest BCUT2D eigenvalue weighted by atomic mass is 16.2. The Labute approximate surface area is 101 Å². The molecule has 1 aromatic rings. The number of hydrogen-bond acceptors (Lipinski definition) is 3. The standard InChI is InChI=1S/C12H19N3O2/c1-4-8(2)10(13)11(16)14-9-6-5-7-15(3)12(9)17/h5-8,10H,4,13H2,1-3H3,(H,14,16). The van der Waals surface area contributed by atoms with E-state index in [1.54, 1.807) is 25.4 Å². The van der Waals surface area contributed by atoms with Crippen LogP contribution >= 0.6 is 0 Å². The van der Waals surface area contributed by atoms with E-state index in [2.05, 4.69) is 5.32 Å². The lowest BCUT2D eigenvalue weighted by Gasteiger charge is -2.17. The van der Waals surface area contributed by atoms with Gasteiger partial charge in [0.05, 0.1) is 6.04 Å². The van der Waals surface area contributed by atoms with Crippen LogP contribution in [0.1, 0.15) is 20.3 Å². The smallest absolute Gasteiger partial charge is 0.274 e. The third-order valence-electron chi connectivity index (χ3n) is 2.94. The predicted molar refractivity (Wildman–Crippen MR) is 67.7 cm³/mol. The summed E-state index contributed by atoms with van der Waals surface area (Å²) in [4.78, 5) is 23.5. The highest BCUT2D eigenvalue weighted by molar-refractivity contribution is 5.94. The molecule has 2 atom stereocenters. The average Bonchev–Trinajstić information content (AvgIpc) is 2.32. The molecule has 0 radical (unpaired) electrons. The molecule has 5 heteroatoms. The Hall–Kier alpha value is -1.62. The van der Waals surface area contributed by atoms with Crippen LogP contribution in [-0.2, 0) is 11.8 Å². The van der Waals surface area contributed by atoms with Crippen LogP contribution in [0.5, 0.6) is 0 Å². The topological polar surface area (TPSA) is 77.1 Å². The monoisotopic (exact) mass is 237 g/mol. The third kappa shape index (κ3) is 3.17. The molecule has 0 aliphatic carbocycles. The van der Waals surface area contributed by atoms with Crippen LogP contribution in [0.3, 0.4) is 0 Å². The minimum Gasteiger partial charge on any atom is -0.320 e. The number of hydrogen-bond donors (Lipinski definition) is 2.